The zero-order valence-corrected chi connectivity index (χ0v) is 11.4. The van der Waals surface area contributed by atoms with Crippen molar-refractivity contribution in [3.63, 3.8) is 0 Å². The van der Waals surface area contributed by atoms with E-state index in [0.717, 1.165) is 12.8 Å². The molecule has 1 rings (SSSR count). The molecule has 0 saturated heterocycles. The number of nitrogens with zero attached hydrogens (tertiary/aromatic N) is 2. The van der Waals surface area contributed by atoms with Crippen molar-refractivity contribution in [2.24, 2.45) is 0 Å². The molecular weight excluding hydrogens is 234 g/mol. The average molecular weight is 257 g/mol. The topological polar surface area (TPSA) is 72.9 Å². The number of carboxylic acid groups (broad SMARTS) is 1. The van der Waals surface area contributed by atoms with E-state index in [1.54, 1.807) is 6.92 Å². The van der Waals surface area contributed by atoms with Gasteiger partial charge >= 0.3 is 12.0 Å². The van der Waals surface area contributed by atoms with Crippen LogP contribution in [0.2, 0.25) is 0 Å². The highest BCUT2D eigenvalue weighted by Crippen LogP contribution is 2.35. The lowest BCUT2D eigenvalue weighted by atomic mass is 9.75. The summed E-state index contributed by atoms with van der Waals surface area (Å²) in [7, 11) is 4.03. The fraction of sp³-hybridized carbons (Fsp3) is 0.833. The number of carbonyl (C=O) groups excluding carboxylic acids is 1. The Balaban J connectivity index is 2.46. The van der Waals surface area contributed by atoms with Crippen molar-refractivity contribution >= 4 is 12.0 Å². The number of amides is 2. The van der Waals surface area contributed by atoms with Gasteiger partial charge in [0.25, 0.3) is 0 Å². The molecule has 0 aromatic heterocycles. The molecule has 1 aliphatic carbocycles. The second kappa shape index (κ2) is 6.04. The summed E-state index contributed by atoms with van der Waals surface area (Å²) in [4.78, 5) is 25.9. The van der Waals surface area contributed by atoms with Gasteiger partial charge in [-0.1, -0.05) is 0 Å². The number of hydrogen-bond donors (Lipinski definition) is 2. The predicted octanol–water partition coefficient (Wildman–Crippen LogP) is 0.587. The van der Waals surface area contributed by atoms with Gasteiger partial charge in [0, 0.05) is 18.6 Å². The van der Waals surface area contributed by atoms with E-state index in [-0.39, 0.29) is 18.1 Å². The number of likely N-dealkylation sites (N-methyl/N-ethyl adjacent to an activating group) is 2. The Morgan fingerprint density at radius 2 is 1.94 bits per heavy atom. The second-order valence-corrected chi connectivity index (χ2v) is 5.04. The van der Waals surface area contributed by atoms with Crippen molar-refractivity contribution in [3.8, 4) is 0 Å². The molecule has 0 aromatic carbocycles. The van der Waals surface area contributed by atoms with E-state index < -0.39 is 5.97 Å². The minimum Gasteiger partial charge on any atom is -0.480 e. The highest BCUT2D eigenvalue weighted by atomic mass is 16.4. The maximum absolute atomic E-state index is 11.9. The largest absolute Gasteiger partial charge is 0.480 e. The van der Waals surface area contributed by atoms with Crippen molar-refractivity contribution in [3.05, 3.63) is 0 Å². The number of nitrogens with one attached hydrogen (secondary N) is 1. The van der Waals surface area contributed by atoms with Crippen LogP contribution in [0.15, 0.2) is 0 Å². The van der Waals surface area contributed by atoms with Crippen LogP contribution in [0.3, 0.4) is 0 Å². The molecule has 1 saturated carbocycles. The van der Waals surface area contributed by atoms with Crippen molar-refractivity contribution in [2.75, 3.05) is 33.7 Å². The smallest absolute Gasteiger partial charge is 0.323 e. The van der Waals surface area contributed by atoms with E-state index >= 15 is 0 Å². The van der Waals surface area contributed by atoms with Crippen LogP contribution in [-0.2, 0) is 4.79 Å². The van der Waals surface area contributed by atoms with Crippen LogP contribution in [0.25, 0.3) is 0 Å². The highest BCUT2D eigenvalue weighted by Gasteiger charge is 2.39. The van der Waals surface area contributed by atoms with Crippen LogP contribution in [0.5, 0.6) is 0 Å². The fourth-order valence-electron chi connectivity index (χ4n) is 2.21. The standard InChI is InChI=1S/C12H23N3O3/c1-4-15(8-10(16)17)11(18)13-9-12(14(2)3)6-5-7-12/h4-9H2,1-3H3,(H,13,18)(H,16,17). The first-order valence-electron chi connectivity index (χ1n) is 6.33. The monoisotopic (exact) mass is 257 g/mol. The summed E-state index contributed by atoms with van der Waals surface area (Å²) < 4.78 is 0. The molecule has 0 spiro atoms. The first-order chi connectivity index (χ1) is 8.41. The van der Waals surface area contributed by atoms with Crippen molar-refractivity contribution in [1.29, 1.82) is 0 Å². The van der Waals surface area contributed by atoms with E-state index in [9.17, 15) is 9.59 Å². The van der Waals surface area contributed by atoms with Gasteiger partial charge in [0.15, 0.2) is 0 Å². The zero-order chi connectivity index (χ0) is 13.8. The van der Waals surface area contributed by atoms with E-state index in [2.05, 4.69) is 10.2 Å². The minimum atomic E-state index is -0.988. The van der Waals surface area contributed by atoms with E-state index in [1.165, 1.54) is 11.3 Å². The zero-order valence-electron chi connectivity index (χ0n) is 11.4. The van der Waals surface area contributed by atoms with Gasteiger partial charge in [-0.15, -0.1) is 0 Å². The molecule has 104 valence electrons. The number of carboxylic acids is 1. The van der Waals surface area contributed by atoms with E-state index in [0.29, 0.717) is 13.1 Å². The highest BCUT2D eigenvalue weighted by molar-refractivity contribution is 5.80. The third-order valence-corrected chi connectivity index (χ3v) is 3.80. The maximum atomic E-state index is 11.9. The van der Waals surface area contributed by atoms with Crippen LogP contribution in [0.4, 0.5) is 4.79 Å². The quantitative estimate of drug-likeness (QED) is 0.730. The van der Waals surface area contributed by atoms with Crippen LogP contribution in [-0.4, -0.2) is 66.2 Å². The first kappa shape index (κ1) is 14.8. The van der Waals surface area contributed by atoms with Gasteiger partial charge in [0.2, 0.25) is 0 Å². The first-order valence-corrected chi connectivity index (χ1v) is 6.33. The van der Waals surface area contributed by atoms with Crippen LogP contribution < -0.4 is 5.32 Å². The molecule has 6 nitrogen and oxygen atoms in total. The van der Waals surface area contributed by atoms with Crippen molar-refractivity contribution < 1.29 is 14.7 Å². The van der Waals surface area contributed by atoms with Crippen molar-refractivity contribution in [2.45, 2.75) is 31.7 Å². The Labute approximate surface area is 108 Å². The van der Waals surface area contributed by atoms with E-state index in [1.807, 2.05) is 14.1 Å². The van der Waals surface area contributed by atoms with Gasteiger partial charge in [-0.3, -0.25) is 4.79 Å². The molecule has 0 heterocycles. The molecule has 2 N–H and O–H groups in total. The molecule has 0 atom stereocenters. The third kappa shape index (κ3) is 3.35. The Morgan fingerprint density at radius 3 is 2.28 bits per heavy atom. The third-order valence-electron chi connectivity index (χ3n) is 3.80. The maximum Gasteiger partial charge on any atom is 0.323 e. The summed E-state index contributed by atoms with van der Waals surface area (Å²) in [5.41, 5.74) is 0.0539. The minimum absolute atomic E-state index is 0.0539. The van der Waals surface area contributed by atoms with E-state index in [4.69, 9.17) is 5.11 Å². The van der Waals surface area contributed by atoms with Gasteiger partial charge in [0.05, 0.1) is 0 Å². The number of hydrogen-bond acceptors (Lipinski definition) is 3. The van der Waals surface area contributed by atoms with Crippen LogP contribution in [0.1, 0.15) is 26.2 Å². The number of carbonyl (C=O) groups is 2. The predicted molar refractivity (Wildman–Crippen MR) is 68.6 cm³/mol. The van der Waals surface area contributed by atoms with Gasteiger partial charge in [0.1, 0.15) is 6.54 Å². The molecule has 0 aromatic rings. The summed E-state index contributed by atoms with van der Waals surface area (Å²) in [5.74, 6) is -0.988. The fourth-order valence-corrected chi connectivity index (χ4v) is 2.21. The molecule has 0 radical (unpaired) electrons. The number of aliphatic carboxylic acids is 1. The van der Waals surface area contributed by atoms with Crippen LogP contribution in [0, 0.1) is 0 Å². The van der Waals surface area contributed by atoms with Gasteiger partial charge in [-0.2, -0.15) is 0 Å². The molecule has 0 bridgehead atoms. The van der Waals surface area contributed by atoms with Crippen molar-refractivity contribution in [1.82, 2.24) is 15.1 Å². The number of rotatable bonds is 6. The summed E-state index contributed by atoms with van der Waals surface area (Å²) in [6, 6.07) is -0.298. The Morgan fingerprint density at radius 1 is 1.33 bits per heavy atom. The van der Waals surface area contributed by atoms with Gasteiger partial charge in [-0.25, -0.2) is 4.79 Å². The molecule has 1 aliphatic rings. The summed E-state index contributed by atoms with van der Waals surface area (Å²) in [6.45, 7) is 2.49. The average Bonchev–Trinajstić information content (AvgIpc) is 2.23. The lowest BCUT2D eigenvalue weighted by Crippen LogP contribution is -2.58. The molecular formula is C12H23N3O3. The summed E-state index contributed by atoms with van der Waals surface area (Å²) >= 11 is 0. The lowest BCUT2D eigenvalue weighted by Gasteiger charge is -2.47. The number of urea groups is 1. The normalized spacial score (nSPS) is 17.1. The molecule has 1 fully saturated rings. The molecule has 0 aliphatic heterocycles. The molecule has 0 unspecified atom stereocenters. The SMILES string of the molecule is CCN(CC(=O)O)C(=O)NCC1(N(C)C)CCC1. The lowest BCUT2D eigenvalue weighted by molar-refractivity contribution is -0.137. The summed E-state index contributed by atoms with van der Waals surface area (Å²) in [5, 5.41) is 11.6. The molecule has 18 heavy (non-hydrogen) atoms. The Hall–Kier alpha value is -1.30. The van der Waals surface area contributed by atoms with Gasteiger partial charge < -0.3 is 20.2 Å². The molecule has 2 amide bonds. The summed E-state index contributed by atoms with van der Waals surface area (Å²) in [6.07, 6.45) is 3.33. The Kier molecular flexibility index (Phi) is 4.95. The van der Waals surface area contributed by atoms with Crippen LogP contribution >= 0.6 is 0 Å². The van der Waals surface area contributed by atoms with Gasteiger partial charge in [-0.05, 0) is 40.3 Å². The Bertz CT molecular complexity index is 314. The second-order valence-electron chi connectivity index (χ2n) is 5.04. The molecule has 6 heteroatoms.